The number of nitrogens with two attached hydrogens (primary N) is 1. The van der Waals surface area contributed by atoms with Crippen LogP contribution in [0.25, 0.3) is 0 Å². The monoisotopic (exact) mass is 247 g/mol. The Morgan fingerprint density at radius 2 is 2.06 bits per heavy atom. The third-order valence-electron chi connectivity index (χ3n) is 2.45. The fourth-order valence-corrected chi connectivity index (χ4v) is 1.47. The Morgan fingerprint density at radius 3 is 2.47 bits per heavy atom. The van der Waals surface area contributed by atoms with E-state index in [1.807, 2.05) is 0 Å². The molecule has 0 fully saturated rings. The van der Waals surface area contributed by atoms with Gasteiger partial charge in [0.1, 0.15) is 0 Å². The molecule has 0 bridgehead atoms. The predicted octanol–water partition coefficient (Wildman–Crippen LogP) is 1.90. The van der Waals surface area contributed by atoms with Crippen molar-refractivity contribution in [3.8, 4) is 0 Å². The lowest BCUT2D eigenvalue weighted by Gasteiger charge is -2.15. The number of aliphatic hydroxyl groups is 1. The molecule has 0 heterocycles. The van der Waals surface area contributed by atoms with Gasteiger partial charge in [-0.15, -0.1) is 0 Å². The molecule has 1 aromatic rings. The molecule has 0 aliphatic carbocycles. The van der Waals surface area contributed by atoms with E-state index >= 15 is 0 Å². The second-order valence-electron chi connectivity index (χ2n) is 3.75. The number of benzene rings is 1. The van der Waals surface area contributed by atoms with E-state index in [4.69, 9.17) is 10.8 Å². The molecular formula is C11H12F3NO2. The Hall–Kier alpha value is -1.56. The molecule has 3 nitrogen and oxygen atoms in total. The van der Waals surface area contributed by atoms with Gasteiger partial charge >= 0.3 is 6.18 Å². The molecule has 3 N–H and O–H groups in total. The summed E-state index contributed by atoms with van der Waals surface area (Å²) in [4.78, 5) is 11.1. The quantitative estimate of drug-likeness (QED) is 0.856. The van der Waals surface area contributed by atoms with Crippen LogP contribution in [0.3, 0.4) is 0 Å². The zero-order valence-corrected chi connectivity index (χ0v) is 9.08. The van der Waals surface area contributed by atoms with E-state index in [0.717, 1.165) is 6.07 Å². The number of amides is 1. The van der Waals surface area contributed by atoms with Crippen molar-refractivity contribution in [2.45, 2.75) is 19.0 Å². The topological polar surface area (TPSA) is 63.3 Å². The molecule has 1 amide bonds. The van der Waals surface area contributed by atoms with E-state index in [9.17, 15) is 18.0 Å². The van der Waals surface area contributed by atoms with Crippen molar-refractivity contribution >= 4 is 5.91 Å². The van der Waals surface area contributed by atoms with Gasteiger partial charge in [0.05, 0.1) is 5.56 Å². The van der Waals surface area contributed by atoms with Gasteiger partial charge < -0.3 is 10.8 Å². The molecule has 1 aromatic carbocycles. The van der Waals surface area contributed by atoms with Gasteiger partial charge in [-0.2, -0.15) is 13.2 Å². The minimum Gasteiger partial charge on any atom is -0.396 e. The molecule has 6 heteroatoms. The smallest absolute Gasteiger partial charge is 0.396 e. The Bertz CT molecular complexity index is 429. The van der Waals surface area contributed by atoms with Gasteiger partial charge in [-0.05, 0) is 17.7 Å². The van der Waals surface area contributed by atoms with Crippen molar-refractivity contribution < 1.29 is 23.1 Å². The van der Waals surface area contributed by atoms with Crippen LogP contribution < -0.4 is 5.73 Å². The summed E-state index contributed by atoms with van der Waals surface area (Å²) in [5.74, 6) is -1.38. The third-order valence-corrected chi connectivity index (χ3v) is 2.45. The Kier molecular flexibility index (Phi) is 3.77. The van der Waals surface area contributed by atoms with Crippen molar-refractivity contribution in [2.75, 3.05) is 6.61 Å². The molecule has 0 aromatic heterocycles. The third kappa shape index (κ3) is 2.97. The number of hydrogen-bond acceptors (Lipinski definition) is 2. The van der Waals surface area contributed by atoms with Crippen LogP contribution in [0.1, 0.15) is 34.3 Å². The van der Waals surface area contributed by atoms with E-state index in [0.29, 0.717) is 11.6 Å². The van der Waals surface area contributed by atoms with Gasteiger partial charge in [-0.1, -0.05) is 13.0 Å². The maximum atomic E-state index is 12.4. The highest BCUT2D eigenvalue weighted by Crippen LogP contribution is 2.32. The van der Waals surface area contributed by atoms with Crippen LogP contribution in [0.4, 0.5) is 13.2 Å². The molecule has 0 aliphatic heterocycles. The number of carbonyl (C=O) groups is 1. The van der Waals surface area contributed by atoms with Crippen LogP contribution in [0, 0.1) is 0 Å². The first-order valence-corrected chi connectivity index (χ1v) is 4.89. The number of rotatable bonds is 3. The Morgan fingerprint density at radius 1 is 1.47 bits per heavy atom. The summed E-state index contributed by atoms with van der Waals surface area (Å²) in [6, 6.07) is 2.75. The first-order valence-electron chi connectivity index (χ1n) is 4.89. The Labute approximate surface area is 96.0 Å². The highest BCUT2D eigenvalue weighted by Gasteiger charge is 2.31. The first-order chi connectivity index (χ1) is 7.77. The first kappa shape index (κ1) is 13.5. The van der Waals surface area contributed by atoms with Crippen LogP contribution in [0.5, 0.6) is 0 Å². The number of alkyl halides is 3. The molecule has 17 heavy (non-hydrogen) atoms. The summed E-state index contributed by atoms with van der Waals surface area (Å²) in [5, 5.41) is 8.95. The number of hydrogen-bond donors (Lipinski definition) is 2. The summed E-state index contributed by atoms with van der Waals surface area (Å²) in [6.07, 6.45) is -4.52. The minimum absolute atomic E-state index is 0.207. The molecule has 0 unspecified atom stereocenters. The number of carbonyl (C=O) groups excluding carboxylic acids is 1. The van der Waals surface area contributed by atoms with Gasteiger partial charge in [-0.3, -0.25) is 4.79 Å². The van der Waals surface area contributed by atoms with Gasteiger partial charge in [0.15, 0.2) is 0 Å². The SMILES string of the molecule is C[C@H](CO)c1ccc(C(F)(F)F)cc1C(N)=O. The van der Waals surface area contributed by atoms with Crippen molar-refractivity contribution in [1.29, 1.82) is 0 Å². The predicted molar refractivity (Wildman–Crippen MR) is 55.5 cm³/mol. The maximum absolute atomic E-state index is 12.4. The van der Waals surface area contributed by atoms with Gasteiger partial charge in [0, 0.05) is 18.1 Å². The highest BCUT2D eigenvalue weighted by atomic mass is 19.4. The fraction of sp³-hybridized carbons (Fsp3) is 0.364. The summed E-state index contributed by atoms with van der Waals surface area (Å²) >= 11 is 0. The van der Waals surface area contributed by atoms with Crippen molar-refractivity contribution in [2.24, 2.45) is 5.73 Å². The van der Waals surface area contributed by atoms with Crippen molar-refractivity contribution in [3.05, 3.63) is 34.9 Å². The van der Waals surface area contributed by atoms with Gasteiger partial charge in [0.2, 0.25) is 5.91 Å². The summed E-state index contributed by atoms with van der Waals surface area (Å²) in [7, 11) is 0. The van der Waals surface area contributed by atoms with Gasteiger partial charge in [0.25, 0.3) is 0 Å². The standard InChI is InChI=1S/C11H12F3NO2/c1-6(5-16)8-3-2-7(11(12,13)14)4-9(8)10(15)17/h2-4,6,16H,5H2,1H3,(H2,15,17)/t6-/m1/s1. The van der Waals surface area contributed by atoms with Crippen LogP contribution in [0.15, 0.2) is 18.2 Å². The number of halogens is 3. The van der Waals surface area contributed by atoms with E-state index in [-0.39, 0.29) is 12.2 Å². The van der Waals surface area contributed by atoms with E-state index in [1.165, 1.54) is 6.07 Å². The molecule has 1 rings (SSSR count). The van der Waals surface area contributed by atoms with E-state index in [2.05, 4.69) is 0 Å². The maximum Gasteiger partial charge on any atom is 0.416 e. The molecule has 94 valence electrons. The second-order valence-corrected chi connectivity index (χ2v) is 3.75. The molecular weight excluding hydrogens is 235 g/mol. The lowest BCUT2D eigenvalue weighted by Crippen LogP contribution is -2.18. The second kappa shape index (κ2) is 4.75. The molecule has 0 spiro atoms. The zero-order valence-electron chi connectivity index (χ0n) is 9.08. The van der Waals surface area contributed by atoms with Crippen molar-refractivity contribution in [3.63, 3.8) is 0 Å². The summed E-state index contributed by atoms with van der Waals surface area (Å²) in [5.41, 5.74) is 4.21. The number of primary amides is 1. The highest BCUT2D eigenvalue weighted by molar-refractivity contribution is 5.94. The van der Waals surface area contributed by atoms with Gasteiger partial charge in [-0.25, -0.2) is 0 Å². The van der Waals surface area contributed by atoms with Crippen LogP contribution >= 0.6 is 0 Å². The normalized spacial score (nSPS) is 13.5. The van der Waals surface area contributed by atoms with Crippen LogP contribution in [0.2, 0.25) is 0 Å². The molecule has 0 saturated carbocycles. The molecule has 0 saturated heterocycles. The molecule has 0 aliphatic rings. The lowest BCUT2D eigenvalue weighted by atomic mass is 9.94. The van der Waals surface area contributed by atoms with Crippen molar-refractivity contribution in [1.82, 2.24) is 0 Å². The summed E-state index contributed by atoms with van der Waals surface area (Å²) < 4.78 is 37.3. The molecule has 1 atom stereocenters. The summed E-state index contributed by atoms with van der Waals surface area (Å²) in [6.45, 7) is 1.32. The van der Waals surface area contributed by atoms with Crippen LogP contribution in [-0.4, -0.2) is 17.6 Å². The zero-order chi connectivity index (χ0) is 13.2. The van der Waals surface area contributed by atoms with Crippen LogP contribution in [-0.2, 0) is 6.18 Å². The molecule has 0 radical (unpaired) electrons. The average Bonchev–Trinajstić information content (AvgIpc) is 2.25. The Balaban J connectivity index is 3.32. The minimum atomic E-state index is -4.52. The largest absolute Gasteiger partial charge is 0.416 e. The fourth-order valence-electron chi connectivity index (χ4n) is 1.47. The van der Waals surface area contributed by atoms with E-state index in [1.54, 1.807) is 6.92 Å². The lowest BCUT2D eigenvalue weighted by molar-refractivity contribution is -0.137. The number of aliphatic hydroxyl groups excluding tert-OH is 1. The average molecular weight is 247 g/mol. The van der Waals surface area contributed by atoms with E-state index < -0.39 is 23.6 Å².